The predicted molar refractivity (Wildman–Crippen MR) is 97.3 cm³/mol. The predicted octanol–water partition coefficient (Wildman–Crippen LogP) is 3.76. The van der Waals surface area contributed by atoms with Crippen LogP contribution in [-0.4, -0.2) is 29.1 Å². The minimum absolute atomic E-state index is 0.119. The fraction of sp³-hybridized carbons (Fsp3) is 0.579. The number of hydrogen-bond acceptors (Lipinski definition) is 3. The molecule has 1 aromatic carbocycles. The van der Waals surface area contributed by atoms with E-state index in [4.69, 9.17) is 0 Å². The highest BCUT2D eigenvalue weighted by Gasteiger charge is 2.20. The SMILES string of the molecule is CCCCC(NC(C)CC(=O)Nc1ccc(C(C)C)cc1)C(=O)O. The molecule has 5 heteroatoms. The molecular weight excluding hydrogens is 304 g/mol. The van der Waals surface area contributed by atoms with E-state index in [1.54, 1.807) is 0 Å². The molecule has 0 aliphatic heterocycles. The second-order valence-electron chi connectivity index (χ2n) is 6.63. The van der Waals surface area contributed by atoms with Crippen LogP contribution in [0, 0.1) is 0 Å². The lowest BCUT2D eigenvalue weighted by Gasteiger charge is -2.20. The molecule has 1 rings (SSSR count). The second-order valence-corrected chi connectivity index (χ2v) is 6.63. The minimum Gasteiger partial charge on any atom is -0.480 e. The number of carbonyl (C=O) groups is 2. The lowest BCUT2D eigenvalue weighted by Crippen LogP contribution is -2.43. The Balaban J connectivity index is 2.49. The third-order valence-electron chi connectivity index (χ3n) is 3.98. The van der Waals surface area contributed by atoms with Crippen molar-refractivity contribution in [1.29, 1.82) is 0 Å². The Morgan fingerprint density at radius 1 is 1.12 bits per heavy atom. The molecule has 2 atom stereocenters. The average molecular weight is 334 g/mol. The molecule has 0 aliphatic carbocycles. The topological polar surface area (TPSA) is 78.4 Å². The maximum absolute atomic E-state index is 12.1. The van der Waals surface area contributed by atoms with E-state index in [0.29, 0.717) is 12.3 Å². The molecule has 0 aliphatic rings. The number of carboxylic acids is 1. The van der Waals surface area contributed by atoms with Gasteiger partial charge in [0, 0.05) is 18.2 Å². The Kier molecular flexibility index (Phi) is 8.47. The molecule has 1 aromatic rings. The Labute approximate surface area is 144 Å². The number of carboxylic acid groups (broad SMARTS) is 1. The number of anilines is 1. The van der Waals surface area contributed by atoms with E-state index in [1.165, 1.54) is 5.56 Å². The van der Waals surface area contributed by atoms with Gasteiger partial charge in [-0.2, -0.15) is 0 Å². The largest absolute Gasteiger partial charge is 0.480 e. The summed E-state index contributed by atoms with van der Waals surface area (Å²) in [7, 11) is 0. The Morgan fingerprint density at radius 3 is 2.25 bits per heavy atom. The first-order valence-corrected chi connectivity index (χ1v) is 8.72. The number of carbonyl (C=O) groups excluding carboxylic acids is 1. The third-order valence-corrected chi connectivity index (χ3v) is 3.98. The quantitative estimate of drug-likeness (QED) is 0.609. The van der Waals surface area contributed by atoms with Crippen LogP contribution in [0.5, 0.6) is 0 Å². The summed E-state index contributed by atoms with van der Waals surface area (Å²) >= 11 is 0. The van der Waals surface area contributed by atoms with Crippen molar-refractivity contribution in [3.05, 3.63) is 29.8 Å². The van der Waals surface area contributed by atoms with Gasteiger partial charge in [-0.05, 0) is 37.0 Å². The summed E-state index contributed by atoms with van der Waals surface area (Å²) in [6, 6.07) is 7.01. The van der Waals surface area contributed by atoms with Gasteiger partial charge in [-0.3, -0.25) is 9.59 Å². The van der Waals surface area contributed by atoms with E-state index < -0.39 is 12.0 Å². The van der Waals surface area contributed by atoms with E-state index >= 15 is 0 Å². The number of amides is 1. The first-order chi connectivity index (χ1) is 11.3. The summed E-state index contributed by atoms with van der Waals surface area (Å²) in [5, 5.41) is 15.1. The van der Waals surface area contributed by atoms with E-state index in [9.17, 15) is 14.7 Å². The van der Waals surface area contributed by atoms with E-state index in [1.807, 2.05) is 38.1 Å². The van der Waals surface area contributed by atoms with Crippen LogP contribution in [0.2, 0.25) is 0 Å². The molecule has 0 aromatic heterocycles. The van der Waals surface area contributed by atoms with Gasteiger partial charge in [-0.25, -0.2) is 0 Å². The van der Waals surface area contributed by atoms with Gasteiger partial charge in [-0.1, -0.05) is 45.7 Å². The molecule has 5 nitrogen and oxygen atoms in total. The average Bonchev–Trinajstić information content (AvgIpc) is 2.51. The van der Waals surface area contributed by atoms with Gasteiger partial charge < -0.3 is 15.7 Å². The van der Waals surface area contributed by atoms with Crippen molar-refractivity contribution in [3.63, 3.8) is 0 Å². The summed E-state index contributed by atoms with van der Waals surface area (Å²) in [6.07, 6.45) is 2.62. The molecule has 0 fully saturated rings. The lowest BCUT2D eigenvalue weighted by molar-refractivity contribution is -0.140. The smallest absolute Gasteiger partial charge is 0.320 e. The van der Waals surface area contributed by atoms with Gasteiger partial charge >= 0.3 is 5.97 Å². The van der Waals surface area contributed by atoms with Crippen LogP contribution in [0.15, 0.2) is 24.3 Å². The molecule has 1 amide bonds. The lowest BCUT2D eigenvalue weighted by atomic mass is 10.0. The van der Waals surface area contributed by atoms with Crippen molar-refractivity contribution in [3.8, 4) is 0 Å². The summed E-state index contributed by atoms with van der Waals surface area (Å²) in [6.45, 7) is 8.11. The molecule has 0 heterocycles. The molecule has 134 valence electrons. The van der Waals surface area contributed by atoms with Crippen LogP contribution in [0.3, 0.4) is 0 Å². The Morgan fingerprint density at radius 2 is 1.75 bits per heavy atom. The molecule has 3 N–H and O–H groups in total. The van der Waals surface area contributed by atoms with E-state index in [0.717, 1.165) is 18.5 Å². The van der Waals surface area contributed by atoms with Gasteiger partial charge in [0.25, 0.3) is 0 Å². The van der Waals surface area contributed by atoms with Crippen LogP contribution in [-0.2, 0) is 9.59 Å². The molecular formula is C19H30N2O3. The van der Waals surface area contributed by atoms with Crippen molar-refractivity contribution >= 4 is 17.6 Å². The monoisotopic (exact) mass is 334 g/mol. The van der Waals surface area contributed by atoms with Crippen molar-refractivity contribution in [2.75, 3.05) is 5.32 Å². The number of nitrogens with one attached hydrogen (secondary N) is 2. The fourth-order valence-electron chi connectivity index (χ4n) is 2.53. The van der Waals surface area contributed by atoms with Gasteiger partial charge in [0.05, 0.1) is 0 Å². The van der Waals surface area contributed by atoms with E-state index in [2.05, 4.69) is 24.5 Å². The molecule has 0 bridgehead atoms. The van der Waals surface area contributed by atoms with Gasteiger partial charge in [-0.15, -0.1) is 0 Å². The number of hydrogen-bond donors (Lipinski definition) is 3. The second kappa shape index (κ2) is 10.1. The molecule has 0 saturated carbocycles. The molecule has 2 unspecified atom stereocenters. The maximum atomic E-state index is 12.1. The number of aliphatic carboxylic acids is 1. The van der Waals surface area contributed by atoms with Crippen LogP contribution >= 0.6 is 0 Å². The summed E-state index contributed by atoms with van der Waals surface area (Å²) in [5.74, 6) is -0.526. The standard InChI is InChI=1S/C19H30N2O3/c1-5-6-7-17(19(23)24)20-14(4)12-18(22)21-16-10-8-15(9-11-16)13(2)3/h8-11,13-14,17,20H,5-7,12H2,1-4H3,(H,21,22)(H,23,24). The maximum Gasteiger partial charge on any atom is 0.320 e. The highest BCUT2D eigenvalue weighted by atomic mass is 16.4. The summed E-state index contributed by atoms with van der Waals surface area (Å²) < 4.78 is 0. The molecule has 0 spiro atoms. The van der Waals surface area contributed by atoms with Gasteiger partial charge in [0.15, 0.2) is 0 Å². The van der Waals surface area contributed by atoms with Crippen molar-refractivity contribution in [1.82, 2.24) is 5.32 Å². The van der Waals surface area contributed by atoms with Gasteiger partial charge in [0.1, 0.15) is 6.04 Å². The zero-order valence-electron chi connectivity index (χ0n) is 15.1. The normalized spacial score (nSPS) is 13.5. The van der Waals surface area contributed by atoms with Crippen molar-refractivity contribution in [2.24, 2.45) is 0 Å². The summed E-state index contributed by atoms with van der Waals surface area (Å²) in [5.41, 5.74) is 1.99. The van der Waals surface area contributed by atoms with Crippen LogP contribution < -0.4 is 10.6 Å². The fourth-order valence-corrected chi connectivity index (χ4v) is 2.53. The van der Waals surface area contributed by atoms with Crippen LogP contribution in [0.25, 0.3) is 0 Å². The molecule has 0 saturated heterocycles. The summed E-state index contributed by atoms with van der Waals surface area (Å²) in [4.78, 5) is 23.3. The number of unbranched alkanes of at least 4 members (excludes halogenated alkanes) is 1. The molecule has 0 radical (unpaired) electrons. The minimum atomic E-state index is -0.861. The third kappa shape index (κ3) is 7.13. The number of rotatable bonds is 10. The first-order valence-electron chi connectivity index (χ1n) is 8.72. The Bertz CT molecular complexity index is 526. The Hall–Kier alpha value is -1.88. The highest BCUT2D eigenvalue weighted by Crippen LogP contribution is 2.17. The first kappa shape index (κ1) is 20.2. The molecule has 24 heavy (non-hydrogen) atoms. The van der Waals surface area contributed by atoms with Crippen LogP contribution in [0.4, 0.5) is 5.69 Å². The van der Waals surface area contributed by atoms with E-state index in [-0.39, 0.29) is 18.4 Å². The zero-order chi connectivity index (χ0) is 18.1. The van der Waals surface area contributed by atoms with Gasteiger partial charge in [0.2, 0.25) is 5.91 Å². The zero-order valence-corrected chi connectivity index (χ0v) is 15.1. The number of benzene rings is 1. The van der Waals surface area contributed by atoms with Crippen molar-refractivity contribution in [2.45, 2.75) is 71.4 Å². The van der Waals surface area contributed by atoms with Crippen LogP contribution in [0.1, 0.15) is 64.9 Å². The highest BCUT2D eigenvalue weighted by molar-refractivity contribution is 5.91. The van der Waals surface area contributed by atoms with Crippen molar-refractivity contribution < 1.29 is 14.7 Å².